The number of Topliss-reactive ketones (excluding diaryl/α,β-unsaturated/α-hetero) is 1. The molecule has 102 valence electrons. The zero-order valence-corrected chi connectivity index (χ0v) is 12.1. The normalized spacial score (nSPS) is 10.9. The predicted octanol–water partition coefficient (Wildman–Crippen LogP) is 3.45. The highest BCUT2D eigenvalue weighted by Crippen LogP contribution is 2.23. The first-order valence-corrected chi connectivity index (χ1v) is 6.77. The van der Waals surface area contributed by atoms with E-state index in [9.17, 15) is 4.79 Å². The van der Waals surface area contributed by atoms with Gasteiger partial charge in [-0.25, -0.2) is 0 Å². The molecule has 0 unspecified atom stereocenters. The number of nitrogens with zero attached hydrogens (tertiary/aromatic N) is 2. The van der Waals surface area contributed by atoms with Gasteiger partial charge >= 0.3 is 0 Å². The number of carbonyl (C=O) groups excluding carboxylic acids is 1. The van der Waals surface area contributed by atoms with E-state index in [1.807, 2.05) is 20.8 Å². The van der Waals surface area contributed by atoms with Crippen LogP contribution in [0.2, 0.25) is 5.02 Å². The van der Waals surface area contributed by atoms with E-state index >= 15 is 0 Å². The van der Waals surface area contributed by atoms with Gasteiger partial charge in [0.2, 0.25) is 5.78 Å². The number of hydrogen-bond donors (Lipinski definition) is 0. The molecule has 0 saturated heterocycles. The van der Waals surface area contributed by atoms with Crippen molar-refractivity contribution in [3.8, 4) is 0 Å². The fourth-order valence-electron chi connectivity index (χ4n) is 2.08. The molecule has 2 rings (SSSR count). The lowest BCUT2D eigenvalue weighted by Crippen LogP contribution is -2.10. The first-order chi connectivity index (χ1) is 9.08. The maximum Gasteiger partial charge on any atom is 0.204 e. The van der Waals surface area contributed by atoms with Crippen molar-refractivity contribution in [1.82, 2.24) is 9.78 Å². The summed E-state index contributed by atoms with van der Waals surface area (Å²) < 4.78 is 7.01. The number of hydrogen-bond acceptors (Lipinski definition) is 3. The minimum atomic E-state index is -0.0679. The van der Waals surface area contributed by atoms with Crippen LogP contribution in [-0.2, 0) is 19.4 Å². The Labute approximate surface area is 117 Å². The molecule has 0 spiro atoms. The second-order valence-corrected chi connectivity index (χ2v) is 4.79. The molecule has 0 atom stereocenters. The van der Waals surface area contributed by atoms with Crippen molar-refractivity contribution in [2.45, 2.75) is 40.2 Å². The summed E-state index contributed by atoms with van der Waals surface area (Å²) in [4.78, 5) is 12.2. The molecule has 0 aliphatic rings. The highest BCUT2D eigenvalue weighted by atomic mass is 35.5. The van der Waals surface area contributed by atoms with Gasteiger partial charge in [0.05, 0.1) is 29.1 Å². The molecule has 0 radical (unpaired) electrons. The van der Waals surface area contributed by atoms with Crippen LogP contribution in [0, 0.1) is 6.92 Å². The highest BCUT2D eigenvalue weighted by Gasteiger charge is 2.20. The van der Waals surface area contributed by atoms with E-state index in [0.717, 1.165) is 23.4 Å². The van der Waals surface area contributed by atoms with Crippen LogP contribution in [0.15, 0.2) is 16.7 Å². The predicted molar refractivity (Wildman–Crippen MR) is 73.8 cm³/mol. The number of halogens is 1. The largest absolute Gasteiger partial charge is 0.461 e. The minimum Gasteiger partial charge on any atom is -0.461 e. The smallest absolute Gasteiger partial charge is 0.204 e. The van der Waals surface area contributed by atoms with Gasteiger partial charge in [0.25, 0.3) is 0 Å². The van der Waals surface area contributed by atoms with Gasteiger partial charge in [0.1, 0.15) is 0 Å². The Balaban J connectivity index is 2.31. The van der Waals surface area contributed by atoms with Gasteiger partial charge < -0.3 is 4.42 Å². The molecule has 0 N–H and O–H groups in total. The van der Waals surface area contributed by atoms with E-state index in [0.29, 0.717) is 17.3 Å². The Morgan fingerprint density at radius 2 is 2.21 bits per heavy atom. The average molecular weight is 281 g/mol. The van der Waals surface area contributed by atoms with Crippen molar-refractivity contribution in [2.75, 3.05) is 0 Å². The lowest BCUT2D eigenvalue weighted by atomic mass is 10.1. The molecule has 0 fully saturated rings. The molecule has 5 heteroatoms. The van der Waals surface area contributed by atoms with Crippen molar-refractivity contribution >= 4 is 17.4 Å². The Morgan fingerprint density at radius 3 is 2.74 bits per heavy atom. The second-order valence-electron chi connectivity index (χ2n) is 4.41. The van der Waals surface area contributed by atoms with Gasteiger partial charge in [-0.2, -0.15) is 5.10 Å². The Kier molecular flexibility index (Phi) is 4.10. The molecule has 0 bridgehead atoms. The van der Waals surface area contributed by atoms with Gasteiger partial charge in [0, 0.05) is 6.54 Å². The average Bonchev–Trinajstić information content (AvgIpc) is 2.95. The van der Waals surface area contributed by atoms with Gasteiger partial charge in [0.15, 0.2) is 5.76 Å². The number of ketones is 1. The van der Waals surface area contributed by atoms with E-state index in [-0.39, 0.29) is 12.2 Å². The summed E-state index contributed by atoms with van der Waals surface area (Å²) in [6.07, 6.45) is 2.50. The van der Waals surface area contributed by atoms with Crippen LogP contribution in [0.3, 0.4) is 0 Å². The quantitative estimate of drug-likeness (QED) is 0.788. The standard InChI is InChI=1S/C14H17ClN2O2/c1-4-10-13(15)11(17(5-2)16-10)8-12(18)14-9(3)6-7-19-14/h6-7H,4-5,8H2,1-3H3. The number of furan rings is 1. The third kappa shape index (κ3) is 2.59. The SMILES string of the molecule is CCc1nn(CC)c(CC(=O)c2occc2C)c1Cl. The van der Waals surface area contributed by atoms with E-state index in [2.05, 4.69) is 5.10 Å². The summed E-state index contributed by atoms with van der Waals surface area (Å²) >= 11 is 6.29. The van der Waals surface area contributed by atoms with Crippen LogP contribution in [0.5, 0.6) is 0 Å². The maximum atomic E-state index is 12.2. The summed E-state index contributed by atoms with van der Waals surface area (Å²) in [5.74, 6) is 0.333. The third-order valence-corrected chi connectivity index (χ3v) is 3.57. The maximum absolute atomic E-state index is 12.2. The molecule has 2 aromatic rings. The Bertz CT molecular complexity index is 599. The van der Waals surface area contributed by atoms with Gasteiger partial charge in [-0.3, -0.25) is 9.48 Å². The number of aryl methyl sites for hydroxylation is 3. The fraction of sp³-hybridized carbons (Fsp3) is 0.429. The van der Waals surface area contributed by atoms with Crippen molar-refractivity contribution in [1.29, 1.82) is 0 Å². The van der Waals surface area contributed by atoms with Crippen molar-refractivity contribution in [3.05, 3.63) is 40.1 Å². The van der Waals surface area contributed by atoms with Gasteiger partial charge in [-0.15, -0.1) is 0 Å². The Morgan fingerprint density at radius 1 is 1.47 bits per heavy atom. The van der Waals surface area contributed by atoms with Crippen LogP contribution in [-0.4, -0.2) is 15.6 Å². The molecule has 2 aromatic heterocycles. The second kappa shape index (κ2) is 5.61. The number of aromatic nitrogens is 2. The molecule has 0 aliphatic heterocycles. The zero-order chi connectivity index (χ0) is 14.0. The minimum absolute atomic E-state index is 0.0679. The lowest BCUT2D eigenvalue weighted by Gasteiger charge is -2.04. The molecule has 0 saturated carbocycles. The summed E-state index contributed by atoms with van der Waals surface area (Å²) in [5.41, 5.74) is 2.45. The van der Waals surface area contributed by atoms with Crippen molar-refractivity contribution in [2.24, 2.45) is 0 Å². The summed E-state index contributed by atoms with van der Waals surface area (Å²) in [6.45, 7) is 6.53. The first kappa shape index (κ1) is 13.9. The highest BCUT2D eigenvalue weighted by molar-refractivity contribution is 6.32. The molecule has 0 aromatic carbocycles. The molecule has 4 nitrogen and oxygen atoms in total. The van der Waals surface area contributed by atoms with E-state index in [1.54, 1.807) is 10.7 Å². The molecular weight excluding hydrogens is 264 g/mol. The first-order valence-electron chi connectivity index (χ1n) is 6.39. The van der Waals surface area contributed by atoms with E-state index in [1.165, 1.54) is 6.26 Å². The fourth-order valence-corrected chi connectivity index (χ4v) is 2.41. The van der Waals surface area contributed by atoms with Crippen LogP contribution in [0.1, 0.15) is 41.4 Å². The molecule has 2 heterocycles. The summed E-state index contributed by atoms with van der Waals surface area (Å²) in [6, 6.07) is 1.78. The molecular formula is C14H17ClN2O2. The number of rotatable bonds is 5. The van der Waals surface area contributed by atoms with Crippen LogP contribution >= 0.6 is 11.6 Å². The van der Waals surface area contributed by atoms with Gasteiger partial charge in [-0.05, 0) is 31.9 Å². The molecule has 0 amide bonds. The van der Waals surface area contributed by atoms with E-state index < -0.39 is 0 Å². The van der Waals surface area contributed by atoms with Gasteiger partial charge in [-0.1, -0.05) is 18.5 Å². The van der Waals surface area contributed by atoms with E-state index in [4.69, 9.17) is 16.0 Å². The zero-order valence-electron chi connectivity index (χ0n) is 11.4. The number of carbonyl (C=O) groups is 1. The topological polar surface area (TPSA) is 48.0 Å². The third-order valence-electron chi connectivity index (χ3n) is 3.14. The summed E-state index contributed by atoms with van der Waals surface area (Å²) in [5, 5.41) is 5.00. The summed E-state index contributed by atoms with van der Waals surface area (Å²) in [7, 11) is 0. The lowest BCUT2D eigenvalue weighted by molar-refractivity contribution is 0.0963. The van der Waals surface area contributed by atoms with Crippen molar-refractivity contribution in [3.63, 3.8) is 0 Å². The van der Waals surface area contributed by atoms with Crippen LogP contribution < -0.4 is 0 Å². The molecule has 19 heavy (non-hydrogen) atoms. The van der Waals surface area contributed by atoms with Crippen LogP contribution in [0.25, 0.3) is 0 Å². The Hall–Kier alpha value is -1.55. The molecule has 0 aliphatic carbocycles. The van der Waals surface area contributed by atoms with Crippen molar-refractivity contribution < 1.29 is 9.21 Å². The van der Waals surface area contributed by atoms with Crippen LogP contribution in [0.4, 0.5) is 0 Å². The monoisotopic (exact) mass is 280 g/mol.